The Morgan fingerprint density at radius 1 is 1.29 bits per heavy atom. The van der Waals surface area contributed by atoms with Crippen LogP contribution in [0.1, 0.15) is 0 Å². The SMILES string of the molecule is CNc1ncc([N+](=O)[O-])c(-c2cccc(OC)c2OC)n1. The van der Waals surface area contributed by atoms with Gasteiger partial charge in [-0.1, -0.05) is 6.07 Å². The van der Waals surface area contributed by atoms with E-state index >= 15 is 0 Å². The number of benzene rings is 1. The second-order valence-electron chi connectivity index (χ2n) is 3.98. The normalized spacial score (nSPS) is 10.0. The van der Waals surface area contributed by atoms with Gasteiger partial charge in [-0.25, -0.2) is 9.97 Å². The number of hydrogen-bond donors (Lipinski definition) is 1. The lowest BCUT2D eigenvalue weighted by atomic mass is 10.1. The summed E-state index contributed by atoms with van der Waals surface area (Å²) in [7, 11) is 4.59. The number of aromatic nitrogens is 2. The molecule has 1 aromatic heterocycles. The number of nitro groups is 1. The number of nitrogens with zero attached hydrogens (tertiary/aromatic N) is 3. The minimum atomic E-state index is -0.534. The quantitative estimate of drug-likeness (QED) is 0.665. The summed E-state index contributed by atoms with van der Waals surface area (Å²) in [5.41, 5.74) is 0.415. The molecule has 0 saturated heterocycles. The Morgan fingerprint density at radius 3 is 2.62 bits per heavy atom. The predicted octanol–water partition coefficient (Wildman–Crippen LogP) is 2.11. The van der Waals surface area contributed by atoms with Crippen molar-refractivity contribution in [2.24, 2.45) is 0 Å². The van der Waals surface area contributed by atoms with Crippen LogP contribution >= 0.6 is 0 Å². The van der Waals surface area contributed by atoms with Crippen LogP contribution in [0.25, 0.3) is 11.3 Å². The van der Waals surface area contributed by atoms with Crippen molar-refractivity contribution in [1.29, 1.82) is 0 Å². The zero-order valence-electron chi connectivity index (χ0n) is 11.8. The molecule has 0 saturated carbocycles. The van der Waals surface area contributed by atoms with E-state index in [0.29, 0.717) is 17.1 Å². The summed E-state index contributed by atoms with van der Waals surface area (Å²) in [6, 6.07) is 5.09. The lowest BCUT2D eigenvalue weighted by Crippen LogP contribution is -2.03. The molecule has 0 unspecified atom stereocenters. The van der Waals surface area contributed by atoms with Gasteiger partial charge in [0.2, 0.25) is 5.95 Å². The molecule has 21 heavy (non-hydrogen) atoms. The lowest BCUT2D eigenvalue weighted by molar-refractivity contribution is -0.384. The molecule has 0 atom stereocenters. The minimum Gasteiger partial charge on any atom is -0.493 e. The second kappa shape index (κ2) is 6.04. The van der Waals surface area contributed by atoms with Gasteiger partial charge in [0.25, 0.3) is 0 Å². The van der Waals surface area contributed by atoms with Crippen molar-refractivity contribution >= 4 is 11.6 Å². The van der Waals surface area contributed by atoms with Crippen LogP contribution in [0.4, 0.5) is 11.6 Å². The number of para-hydroxylation sites is 1. The molecule has 110 valence electrons. The first-order valence-electron chi connectivity index (χ1n) is 6.03. The van der Waals surface area contributed by atoms with Gasteiger partial charge in [0.05, 0.1) is 24.7 Å². The number of methoxy groups -OCH3 is 2. The van der Waals surface area contributed by atoms with Crippen molar-refractivity contribution in [2.75, 3.05) is 26.6 Å². The molecule has 0 bridgehead atoms. The van der Waals surface area contributed by atoms with Crippen LogP contribution in [0.2, 0.25) is 0 Å². The number of hydrogen-bond acceptors (Lipinski definition) is 7. The highest BCUT2D eigenvalue weighted by Gasteiger charge is 2.23. The third kappa shape index (κ3) is 2.69. The summed E-state index contributed by atoms with van der Waals surface area (Å²) < 4.78 is 10.5. The first-order valence-corrected chi connectivity index (χ1v) is 6.03. The Hall–Kier alpha value is -2.90. The summed E-state index contributed by atoms with van der Waals surface area (Å²) in [4.78, 5) is 18.7. The Labute approximate surface area is 120 Å². The van der Waals surface area contributed by atoms with Gasteiger partial charge < -0.3 is 14.8 Å². The van der Waals surface area contributed by atoms with E-state index in [1.807, 2.05) is 0 Å². The summed E-state index contributed by atoms with van der Waals surface area (Å²) in [5, 5.41) is 13.9. The van der Waals surface area contributed by atoms with E-state index in [4.69, 9.17) is 9.47 Å². The minimum absolute atomic E-state index is 0.162. The Bertz CT molecular complexity index is 675. The van der Waals surface area contributed by atoms with E-state index in [0.717, 1.165) is 6.20 Å². The fourth-order valence-corrected chi connectivity index (χ4v) is 1.90. The third-order valence-corrected chi connectivity index (χ3v) is 2.85. The molecule has 0 radical (unpaired) electrons. The van der Waals surface area contributed by atoms with Crippen molar-refractivity contribution in [3.8, 4) is 22.8 Å². The lowest BCUT2D eigenvalue weighted by Gasteiger charge is -2.12. The van der Waals surface area contributed by atoms with E-state index in [-0.39, 0.29) is 17.3 Å². The number of rotatable bonds is 5. The summed E-state index contributed by atoms with van der Waals surface area (Å²) in [6.07, 6.45) is 1.16. The maximum Gasteiger partial charge on any atom is 0.313 e. The highest BCUT2D eigenvalue weighted by molar-refractivity contribution is 5.77. The van der Waals surface area contributed by atoms with Gasteiger partial charge in [-0.2, -0.15) is 0 Å². The van der Waals surface area contributed by atoms with Gasteiger partial charge >= 0.3 is 5.69 Å². The number of nitrogens with one attached hydrogen (secondary N) is 1. The van der Waals surface area contributed by atoms with Crippen molar-refractivity contribution in [1.82, 2.24) is 9.97 Å². The Balaban J connectivity index is 2.73. The van der Waals surface area contributed by atoms with Gasteiger partial charge in [0.15, 0.2) is 17.2 Å². The van der Waals surface area contributed by atoms with E-state index in [1.165, 1.54) is 14.2 Å². The van der Waals surface area contributed by atoms with Gasteiger partial charge in [-0.3, -0.25) is 10.1 Å². The monoisotopic (exact) mass is 290 g/mol. The van der Waals surface area contributed by atoms with E-state index < -0.39 is 4.92 Å². The molecule has 1 heterocycles. The summed E-state index contributed by atoms with van der Waals surface area (Å²) in [5.74, 6) is 1.12. The van der Waals surface area contributed by atoms with Crippen molar-refractivity contribution < 1.29 is 14.4 Å². The van der Waals surface area contributed by atoms with Gasteiger partial charge in [0.1, 0.15) is 6.20 Å². The van der Waals surface area contributed by atoms with Crippen molar-refractivity contribution in [2.45, 2.75) is 0 Å². The van der Waals surface area contributed by atoms with Gasteiger partial charge in [-0.05, 0) is 12.1 Å². The van der Waals surface area contributed by atoms with Crippen LogP contribution < -0.4 is 14.8 Å². The molecule has 2 aromatic rings. The molecule has 8 heteroatoms. The van der Waals surface area contributed by atoms with Crippen molar-refractivity contribution in [3.05, 3.63) is 34.5 Å². The zero-order valence-corrected chi connectivity index (χ0v) is 11.8. The Morgan fingerprint density at radius 2 is 2.05 bits per heavy atom. The van der Waals surface area contributed by atoms with E-state index in [9.17, 15) is 10.1 Å². The highest BCUT2D eigenvalue weighted by atomic mass is 16.6. The largest absolute Gasteiger partial charge is 0.493 e. The maximum absolute atomic E-state index is 11.2. The topological polar surface area (TPSA) is 99.4 Å². The molecule has 0 spiro atoms. The van der Waals surface area contributed by atoms with Gasteiger partial charge in [0, 0.05) is 7.05 Å². The maximum atomic E-state index is 11.2. The van der Waals surface area contributed by atoms with Crippen LogP contribution in [-0.4, -0.2) is 36.2 Å². The molecule has 2 rings (SSSR count). The number of ether oxygens (including phenoxy) is 2. The van der Waals surface area contributed by atoms with Gasteiger partial charge in [-0.15, -0.1) is 0 Å². The predicted molar refractivity (Wildman–Crippen MR) is 76.8 cm³/mol. The van der Waals surface area contributed by atoms with Crippen molar-refractivity contribution in [3.63, 3.8) is 0 Å². The van der Waals surface area contributed by atoms with E-state index in [1.54, 1.807) is 25.2 Å². The fourth-order valence-electron chi connectivity index (χ4n) is 1.90. The van der Waals surface area contributed by atoms with Crippen LogP contribution in [-0.2, 0) is 0 Å². The second-order valence-corrected chi connectivity index (χ2v) is 3.98. The summed E-state index contributed by atoms with van der Waals surface area (Å²) in [6.45, 7) is 0. The zero-order chi connectivity index (χ0) is 15.4. The van der Waals surface area contributed by atoms with E-state index in [2.05, 4.69) is 15.3 Å². The molecule has 8 nitrogen and oxygen atoms in total. The molecule has 1 N–H and O–H groups in total. The molecular weight excluding hydrogens is 276 g/mol. The van der Waals surface area contributed by atoms with Crippen LogP contribution in [0, 0.1) is 10.1 Å². The standard InChI is InChI=1S/C13H14N4O4/c1-14-13-15-7-9(17(18)19)11(16-13)8-5-4-6-10(20-2)12(8)21-3/h4-7H,1-3H3,(H,14,15,16). The first-order chi connectivity index (χ1) is 10.1. The Kier molecular flexibility index (Phi) is 4.17. The van der Waals surface area contributed by atoms with Crippen LogP contribution in [0.3, 0.4) is 0 Å². The fraction of sp³-hybridized carbons (Fsp3) is 0.231. The smallest absolute Gasteiger partial charge is 0.313 e. The van der Waals surface area contributed by atoms with Crippen LogP contribution in [0.15, 0.2) is 24.4 Å². The molecule has 0 aliphatic carbocycles. The average Bonchev–Trinajstić information content (AvgIpc) is 2.53. The molecular formula is C13H14N4O4. The first kappa shape index (κ1) is 14.5. The molecule has 0 amide bonds. The van der Waals surface area contributed by atoms with Crippen LogP contribution in [0.5, 0.6) is 11.5 Å². The average molecular weight is 290 g/mol. The summed E-state index contributed by atoms with van der Waals surface area (Å²) >= 11 is 0. The molecule has 0 aliphatic rings. The highest BCUT2D eigenvalue weighted by Crippen LogP contribution is 2.40. The molecule has 1 aromatic carbocycles. The third-order valence-electron chi connectivity index (χ3n) is 2.85. The molecule has 0 aliphatic heterocycles. The number of anilines is 1. The molecule has 0 fully saturated rings.